The molecule has 1 N–H and O–H groups in total. The normalized spacial score (nSPS) is 12.9. The number of ether oxygens (including phenoxy) is 3. The van der Waals surface area contributed by atoms with Crippen LogP contribution in [0.25, 0.3) is 0 Å². The Balaban J connectivity index is 1.38. The minimum atomic E-state index is -3.86. The topological polar surface area (TPSA) is 130 Å². The molecular formula is C21H21N3O7S. The quantitative estimate of drug-likeness (QED) is 0.505. The van der Waals surface area contributed by atoms with Crippen LogP contribution in [0.3, 0.4) is 0 Å². The van der Waals surface area contributed by atoms with Crippen LogP contribution in [0.4, 0.5) is 5.69 Å². The SMILES string of the molecule is CCCc1noc(COC(=O)c2ccc(NS(=O)(=O)c3ccc4c(c3)OCCO4)cc2)n1. The highest BCUT2D eigenvalue weighted by molar-refractivity contribution is 7.92. The highest BCUT2D eigenvalue weighted by atomic mass is 32.2. The zero-order chi connectivity index (χ0) is 22.6. The van der Waals surface area contributed by atoms with E-state index in [9.17, 15) is 13.2 Å². The lowest BCUT2D eigenvalue weighted by Gasteiger charge is -2.19. The third-order valence-corrected chi connectivity index (χ3v) is 5.89. The number of nitrogens with zero attached hydrogens (tertiary/aromatic N) is 2. The van der Waals surface area contributed by atoms with Crippen LogP contribution in [0.1, 0.15) is 35.4 Å². The average Bonchev–Trinajstić information content (AvgIpc) is 3.25. The molecular weight excluding hydrogens is 438 g/mol. The van der Waals surface area contributed by atoms with Gasteiger partial charge in [-0.25, -0.2) is 13.2 Å². The Labute approximate surface area is 184 Å². The number of carbonyl (C=O) groups excluding carboxylic acids is 1. The molecule has 32 heavy (non-hydrogen) atoms. The van der Waals surface area contributed by atoms with Gasteiger partial charge < -0.3 is 18.7 Å². The van der Waals surface area contributed by atoms with Gasteiger partial charge in [0.05, 0.1) is 10.5 Å². The van der Waals surface area contributed by atoms with Gasteiger partial charge in [0.1, 0.15) is 13.2 Å². The standard InChI is InChI=1S/C21H21N3O7S/c1-2-3-19-22-20(31-23-19)13-30-21(25)14-4-6-15(7-5-14)24-32(26,27)16-8-9-17-18(12-16)29-11-10-28-17/h4-9,12,24H,2-3,10-11,13H2,1H3. The van der Waals surface area contributed by atoms with Crippen molar-refractivity contribution in [3.8, 4) is 11.5 Å². The molecule has 0 bridgehead atoms. The summed E-state index contributed by atoms with van der Waals surface area (Å²) in [7, 11) is -3.86. The van der Waals surface area contributed by atoms with E-state index >= 15 is 0 Å². The van der Waals surface area contributed by atoms with Gasteiger partial charge in [0, 0.05) is 18.2 Å². The lowest BCUT2D eigenvalue weighted by Crippen LogP contribution is -2.17. The second-order valence-corrected chi connectivity index (χ2v) is 8.60. The van der Waals surface area contributed by atoms with E-state index in [4.69, 9.17) is 18.7 Å². The molecule has 0 saturated heterocycles. The van der Waals surface area contributed by atoms with Crippen LogP contribution in [-0.4, -0.2) is 37.7 Å². The Kier molecular flexibility index (Phi) is 6.26. The maximum atomic E-state index is 12.7. The number of anilines is 1. The smallest absolute Gasteiger partial charge is 0.338 e. The monoisotopic (exact) mass is 459 g/mol. The number of aromatic nitrogens is 2. The number of hydrogen-bond donors (Lipinski definition) is 1. The van der Waals surface area contributed by atoms with Crippen molar-refractivity contribution in [2.45, 2.75) is 31.3 Å². The van der Waals surface area contributed by atoms with Crippen LogP contribution in [0.2, 0.25) is 0 Å². The predicted molar refractivity (Wildman–Crippen MR) is 112 cm³/mol. The first-order chi connectivity index (χ1) is 15.4. The van der Waals surface area contributed by atoms with E-state index in [1.807, 2.05) is 6.92 Å². The third-order valence-electron chi connectivity index (χ3n) is 4.51. The van der Waals surface area contributed by atoms with Crippen LogP contribution in [-0.2, 0) is 27.8 Å². The Morgan fingerprint density at radius 2 is 1.84 bits per heavy atom. The fraction of sp³-hybridized carbons (Fsp3) is 0.286. The molecule has 10 nitrogen and oxygen atoms in total. The van der Waals surface area contributed by atoms with Crippen molar-refractivity contribution < 1.29 is 31.9 Å². The second-order valence-electron chi connectivity index (χ2n) is 6.92. The van der Waals surface area contributed by atoms with Crippen LogP contribution in [0.15, 0.2) is 51.9 Å². The molecule has 0 saturated carbocycles. The van der Waals surface area contributed by atoms with Gasteiger partial charge in [-0.3, -0.25) is 4.72 Å². The molecule has 0 spiro atoms. The number of aryl methyl sites for hydroxylation is 1. The van der Waals surface area contributed by atoms with Crippen molar-refractivity contribution >= 4 is 21.7 Å². The molecule has 0 unspecified atom stereocenters. The number of sulfonamides is 1. The first-order valence-corrected chi connectivity index (χ1v) is 11.4. The summed E-state index contributed by atoms with van der Waals surface area (Å²) in [5.41, 5.74) is 0.540. The zero-order valence-corrected chi connectivity index (χ0v) is 18.1. The van der Waals surface area contributed by atoms with E-state index < -0.39 is 16.0 Å². The van der Waals surface area contributed by atoms with Gasteiger partial charge >= 0.3 is 5.97 Å². The van der Waals surface area contributed by atoms with Gasteiger partial charge in [-0.05, 0) is 42.8 Å². The number of carbonyl (C=O) groups is 1. The maximum absolute atomic E-state index is 12.7. The molecule has 0 radical (unpaired) electrons. The van der Waals surface area contributed by atoms with Gasteiger partial charge in [0.25, 0.3) is 15.9 Å². The van der Waals surface area contributed by atoms with Crippen molar-refractivity contribution in [1.82, 2.24) is 10.1 Å². The Morgan fingerprint density at radius 1 is 1.09 bits per heavy atom. The van der Waals surface area contributed by atoms with Gasteiger partial charge in [0.2, 0.25) is 0 Å². The summed E-state index contributed by atoms with van der Waals surface area (Å²) in [6.45, 7) is 2.62. The minimum Gasteiger partial charge on any atom is -0.486 e. The summed E-state index contributed by atoms with van der Waals surface area (Å²) in [4.78, 5) is 16.4. The molecule has 1 aromatic heterocycles. The summed E-state index contributed by atoms with van der Waals surface area (Å²) in [6, 6.07) is 10.3. The predicted octanol–water partition coefficient (Wildman–Crippen LogP) is 2.95. The first kappa shape index (κ1) is 21.6. The molecule has 11 heteroatoms. The van der Waals surface area contributed by atoms with Crippen LogP contribution in [0, 0.1) is 0 Å². The largest absolute Gasteiger partial charge is 0.486 e. The summed E-state index contributed by atoms with van der Waals surface area (Å²) < 4.78 is 48.9. The molecule has 2 heterocycles. The fourth-order valence-electron chi connectivity index (χ4n) is 2.96. The molecule has 0 fully saturated rings. The lowest BCUT2D eigenvalue weighted by molar-refractivity contribution is 0.0430. The number of hydrogen-bond acceptors (Lipinski definition) is 9. The van der Waals surface area contributed by atoms with Crippen LogP contribution < -0.4 is 14.2 Å². The Hall–Kier alpha value is -3.60. The molecule has 0 atom stereocenters. The number of fused-ring (bicyclic) bond motifs is 1. The zero-order valence-electron chi connectivity index (χ0n) is 17.2. The minimum absolute atomic E-state index is 0.0345. The van der Waals surface area contributed by atoms with Crippen molar-refractivity contribution in [3.05, 3.63) is 59.7 Å². The van der Waals surface area contributed by atoms with E-state index in [-0.39, 0.29) is 28.6 Å². The highest BCUT2D eigenvalue weighted by Crippen LogP contribution is 2.32. The molecule has 2 aromatic carbocycles. The summed E-state index contributed by atoms with van der Waals surface area (Å²) in [5.74, 6) is 1.06. The van der Waals surface area contributed by atoms with Crippen LogP contribution in [0.5, 0.6) is 11.5 Å². The maximum Gasteiger partial charge on any atom is 0.338 e. The van der Waals surface area contributed by atoms with E-state index in [2.05, 4.69) is 14.9 Å². The van der Waals surface area contributed by atoms with Gasteiger partial charge in [-0.15, -0.1) is 0 Å². The Bertz CT molecular complexity index is 1210. The summed E-state index contributed by atoms with van der Waals surface area (Å²) in [6.07, 6.45) is 1.56. The van der Waals surface area contributed by atoms with Crippen LogP contribution >= 0.6 is 0 Å². The van der Waals surface area contributed by atoms with Gasteiger partial charge in [-0.1, -0.05) is 12.1 Å². The van der Waals surface area contributed by atoms with Gasteiger partial charge in [-0.2, -0.15) is 4.98 Å². The molecule has 1 aliphatic rings. The molecule has 0 aliphatic carbocycles. The summed E-state index contributed by atoms with van der Waals surface area (Å²) in [5, 5.41) is 3.79. The Morgan fingerprint density at radius 3 is 2.59 bits per heavy atom. The molecule has 3 aromatic rings. The lowest BCUT2D eigenvalue weighted by atomic mass is 10.2. The number of rotatable bonds is 8. The van der Waals surface area contributed by atoms with Gasteiger partial charge in [0.15, 0.2) is 23.9 Å². The summed E-state index contributed by atoms with van der Waals surface area (Å²) >= 11 is 0. The average molecular weight is 459 g/mol. The fourth-order valence-corrected chi connectivity index (χ4v) is 4.04. The van der Waals surface area contributed by atoms with Crippen molar-refractivity contribution in [2.24, 2.45) is 0 Å². The van der Waals surface area contributed by atoms with Crippen molar-refractivity contribution in [1.29, 1.82) is 0 Å². The second kappa shape index (κ2) is 9.27. The van der Waals surface area contributed by atoms with E-state index in [1.165, 1.54) is 36.4 Å². The number of benzene rings is 2. The highest BCUT2D eigenvalue weighted by Gasteiger charge is 2.20. The first-order valence-electron chi connectivity index (χ1n) is 9.96. The molecule has 168 valence electrons. The van der Waals surface area contributed by atoms with E-state index in [1.54, 1.807) is 6.07 Å². The number of nitrogens with one attached hydrogen (secondary N) is 1. The number of esters is 1. The van der Waals surface area contributed by atoms with E-state index in [0.29, 0.717) is 37.0 Å². The molecule has 0 amide bonds. The van der Waals surface area contributed by atoms with E-state index in [0.717, 1.165) is 6.42 Å². The third kappa shape index (κ3) is 4.99. The molecule has 1 aliphatic heterocycles. The molecule has 4 rings (SSSR count). The van der Waals surface area contributed by atoms with Crippen molar-refractivity contribution in [3.63, 3.8) is 0 Å². The van der Waals surface area contributed by atoms with Crippen molar-refractivity contribution in [2.75, 3.05) is 17.9 Å².